The van der Waals surface area contributed by atoms with Crippen LogP contribution < -0.4 is 0 Å². The van der Waals surface area contributed by atoms with Crippen LogP contribution in [-0.4, -0.2) is 24.6 Å². The van der Waals surface area contributed by atoms with Gasteiger partial charge in [-0.05, 0) is 25.5 Å². The Kier molecular flexibility index (Phi) is 5.40. The fourth-order valence-electron chi connectivity index (χ4n) is 1.52. The van der Waals surface area contributed by atoms with Gasteiger partial charge in [-0.15, -0.1) is 0 Å². The molecule has 0 radical (unpaired) electrons. The summed E-state index contributed by atoms with van der Waals surface area (Å²) in [5.74, 6) is -0.709. The van der Waals surface area contributed by atoms with Gasteiger partial charge in [-0.25, -0.2) is 0 Å². The van der Waals surface area contributed by atoms with Gasteiger partial charge in [0.25, 0.3) is 0 Å². The molecular weight excluding hydrogens is 240 g/mol. The molecule has 0 fully saturated rings. The Hall–Kier alpha value is -0.610. The maximum atomic E-state index is 9.09. The summed E-state index contributed by atoms with van der Waals surface area (Å²) in [4.78, 5) is 0. The highest BCUT2D eigenvalue weighted by Gasteiger charge is 2.25. The summed E-state index contributed by atoms with van der Waals surface area (Å²) in [7, 11) is 1.59. The normalized spacial score (nSPS) is 13.7. The Morgan fingerprint density at radius 2 is 2.00 bits per heavy atom. The monoisotopic (exact) mass is 258 g/mol. The van der Waals surface area contributed by atoms with Crippen molar-refractivity contribution in [3.63, 3.8) is 0 Å². The molecule has 0 unspecified atom stereocenters. The maximum Gasteiger partial charge on any atom is 0.163 e. The molecule has 3 nitrogen and oxygen atoms in total. The standard InChI is InChI=1S/C13H19ClO3/c1-13(2,16-3)17-12(8-9-15)10-6-4-5-7-11(10)14/h4-7,12,15H,8-9H2,1-3H3/t12-/m0/s1. The molecule has 0 aromatic heterocycles. The third-order valence-electron chi connectivity index (χ3n) is 2.56. The molecule has 1 atom stereocenters. The van der Waals surface area contributed by atoms with Crippen LogP contribution in [0.1, 0.15) is 31.9 Å². The number of benzene rings is 1. The van der Waals surface area contributed by atoms with Gasteiger partial charge in [0.1, 0.15) is 0 Å². The molecule has 1 N–H and O–H groups in total. The third kappa shape index (κ3) is 4.28. The molecular formula is C13H19ClO3. The molecule has 0 aliphatic heterocycles. The van der Waals surface area contributed by atoms with E-state index in [1.54, 1.807) is 7.11 Å². The average molecular weight is 259 g/mol. The number of methoxy groups -OCH3 is 1. The molecule has 4 heteroatoms. The molecule has 0 spiro atoms. The summed E-state index contributed by atoms with van der Waals surface area (Å²) in [6.07, 6.45) is 0.208. The fourth-order valence-corrected chi connectivity index (χ4v) is 1.78. The van der Waals surface area contributed by atoms with Crippen molar-refractivity contribution in [2.24, 2.45) is 0 Å². The van der Waals surface area contributed by atoms with Crippen molar-refractivity contribution in [3.05, 3.63) is 34.9 Å². The molecule has 96 valence electrons. The number of rotatable bonds is 6. The minimum Gasteiger partial charge on any atom is -0.396 e. The van der Waals surface area contributed by atoms with Crippen molar-refractivity contribution in [2.75, 3.05) is 13.7 Å². The Morgan fingerprint density at radius 1 is 1.35 bits per heavy atom. The lowest BCUT2D eigenvalue weighted by Crippen LogP contribution is -2.29. The SMILES string of the molecule is COC(C)(C)O[C@@H](CCO)c1ccccc1Cl. The molecule has 1 aromatic rings. The Bertz CT molecular complexity index is 352. The van der Waals surface area contributed by atoms with E-state index >= 15 is 0 Å². The van der Waals surface area contributed by atoms with Gasteiger partial charge in [0.15, 0.2) is 5.79 Å². The Balaban J connectivity index is 2.90. The van der Waals surface area contributed by atoms with Crippen molar-refractivity contribution < 1.29 is 14.6 Å². The quantitative estimate of drug-likeness (QED) is 0.797. The molecule has 0 heterocycles. The second-order valence-corrected chi connectivity index (χ2v) is 4.65. The van der Waals surface area contributed by atoms with Gasteiger partial charge in [-0.2, -0.15) is 0 Å². The number of aliphatic hydroxyl groups excluding tert-OH is 1. The predicted molar refractivity (Wildman–Crippen MR) is 68.1 cm³/mol. The van der Waals surface area contributed by atoms with E-state index in [4.69, 9.17) is 26.2 Å². The highest BCUT2D eigenvalue weighted by atomic mass is 35.5. The van der Waals surface area contributed by atoms with Crippen LogP contribution in [0.15, 0.2) is 24.3 Å². The number of hydrogen-bond acceptors (Lipinski definition) is 3. The summed E-state index contributed by atoms with van der Waals surface area (Å²) < 4.78 is 11.1. The summed E-state index contributed by atoms with van der Waals surface area (Å²) >= 11 is 6.12. The van der Waals surface area contributed by atoms with Crippen LogP contribution in [-0.2, 0) is 9.47 Å². The zero-order valence-corrected chi connectivity index (χ0v) is 11.2. The number of ether oxygens (including phenoxy) is 2. The molecule has 0 amide bonds. The summed E-state index contributed by atoms with van der Waals surface area (Å²) in [6.45, 7) is 3.69. The average Bonchev–Trinajstić information content (AvgIpc) is 2.29. The maximum absolute atomic E-state index is 9.09. The van der Waals surface area contributed by atoms with Crippen LogP contribution in [0.2, 0.25) is 5.02 Å². The van der Waals surface area contributed by atoms with E-state index < -0.39 is 5.79 Å². The van der Waals surface area contributed by atoms with Gasteiger partial charge in [0, 0.05) is 25.2 Å². The van der Waals surface area contributed by atoms with Gasteiger partial charge < -0.3 is 14.6 Å². The number of aliphatic hydroxyl groups is 1. The zero-order chi connectivity index (χ0) is 12.9. The van der Waals surface area contributed by atoms with Crippen LogP contribution >= 0.6 is 11.6 Å². The lowest BCUT2D eigenvalue weighted by molar-refractivity contribution is -0.227. The van der Waals surface area contributed by atoms with Gasteiger partial charge in [-0.3, -0.25) is 0 Å². The fraction of sp³-hybridized carbons (Fsp3) is 0.538. The second-order valence-electron chi connectivity index (χ2n) is 4.24. The predicted octanol–water partition coefficient (Wildman–Crippen LogP) is 3.16. The lowest BCUT2D eigenvalue weighted by Gasteiger charge is -2.30. The van der Waals surface area contributed by atoms with E-state index in [9.17, 15) is 0 Å². The van der Waals surface area contributed by atoms with Gasteiger partial charge >= 0.3 is 0 Å². The van der Waals surface area contributed by atoms with Crippen molar-refractivity contribution in [1.82, 2.24) is 0 Å². The smallest absolute Gasteiger partial charge is 0.163 e. The second kappa shape index (κ2) is 6.36. The first kappa shape index (κ1) is 14.5. The van der Waals surface area contributed by atoms with E-state index in [0.29, 0.717) is 11.4 Å². The topological polar surface area (TPSA) is 38.7 Å². The third-order valence-corrected chi connectivity index (χ3v) is 2.91. The Labute approximate surface area is 107 Å². The van der Waals surface area contributed by atoms with Crippen LogP contribution in [0.3, 0.4) is 0 Å². The summed E-state index contributed by atoms with van der Waals surface area (Å²) in [6, 6.07) is 7.47. The minimum atomic E-state index is -0.709. The molecule has 1 rings (SSSR count). The first-order valence-electron chi connectivity index (χ1n) is 5.58. The van der Waals surface area contributed by atoms with E-state index in [1.165, 1.54) is 0 Å². The highest BCUT2D eigenvalue weighted by Crippen LogP contribution is 2.31. The highest BCUT2D eigenvalue weighted by molar-refractivity contribution is 6.31. The molecule has 0 saturated carbocycles. The number of halogens is 1. The van der Waals surface area contributed by atoms with Gasteiger partial charge in [0.05, 0.1) is 6.10 Å². The van der Waals surface area contributed by atoms with Gasteiger partial charge in [0.2, 0.25) is 0 Å². The molecule has 1 aromatic carbocycles. The first-order valence-corrected chi connectivity index (χ1v) is 5.96. The molecule has 0 aliphatic rings. The van der Waals surface area contributed by atoms with Crippen molar-refractivity contribution in [1.29, 1.82) is 0 Å². The lowest BCUT2D eigenvalue weighted by atomic mass is 10.1. The molecule has 0 bridgehead atoms. The zero-order valence-electron chi connectivity index (χ0n) is 10.4. The van der Waals surface area contributed by atoms with E-state index in [-0.39, 0.29) is 12.7 Å². The van der Waals surface area contributed by atoms with Crippen molar-refractivity contribution >= 4 is 11.6 Å². The van der Waals surface area contributed by atoms with Crippen molar-refractivity contribution in [2.45, 2.75) is 32.2 Å². The van der Waals surface area contributed by atoms with Crippen LogP contribution in [0.25, 0.3) is 0 Å². The summed E-state index contributed by atoms with van der Waals surface area (Å²) in [5, 5.41) is 9.73. The van der Waals surface area contributed by atoms with E-state index in [0.717, 1.165) is 5.56 Å². The first-order chi connectivity index (χ1) is 8.00. The largest absolute Gasteiger partial charge is 0.396 e. The van der Waals surface area contributed by atoms with Crippen molar-refractivity contribution in [3.8, 4) is 0 Å². The van der Waals surface area contributed by atoms with E-state index in [2.05, 4.69) is 0 Å². The van der Waals surface area contributed by atoms with E-state index in [1.807, 2.05) is 38.1 Å². The minimum absolute atomic E-state index is 0.0374. The van der Waals surface area contributed by atoms with Crippen LogP contribution in [0, 0.1) is 0 Å². The molecule has 17 heavy (non-hydrogen) atoms. The molecule has 0 aliphatic carbocycles. The van der Waals surface area contributed by atoms with Crippen LogP contribution in [0.4, 0.5) is 0 Å². The summed E-state index contributed by atoms with van der Waals surface area (Å²) in [5.41, 5.74) is 0.869. The van der Waals surface area contributed by atoms with Gasteiger partial charge in [-0.1, -0.05) is 29.8 Å². The Morgan fingerprint density at radius 3 is 2.53 bits per heavy atom. The molecule has 0 saturated heterocycles. The number of hydrogen-bond donors (Lipinski definition) is 1. The van der Waals surface area contributed by atoms with Crippen LogP contribution in [0.5, 0.6) is 0 Å².